The number of hydrogen-bond acceptors (Lipinski definition) is 6. The summed E-state index contributed by atoms with van der Waals surface area (Å²) in [6.45, 7) is 6.12. The summed E-state index contributed by atoms with van der Waals surface area (Å²) in [6, 6.07) is 8.15. The van der Waals surface area contributed by atoms with E-state index in [-0.39, 0.29) is 45.2 Å². The first-order valence-electron chi connectivity index (χ1n) is 13.9. The predicted octanol–water partition coefficient (Wildman–Crippen LogP) is 5.86. The molecule has 1 fully saturated rings. The van der Waals surface area contributed by atoms with Gasteiger partial charge in [-0.3, -0.25) is 14.6 Å². The highest BCUT2D eigenvalue weighted by Crippen LogP contribution is 2.56. The Morgan fingerprint density at radius 1 is 1.18 bits per heavy atom. The highest BCUT2D eigenvalue weighted by atomic mass is 35.5. The fourth-order valence-electron chi connectivity index (χ4n) is 6.48. The van der Waals surface area contributed by atoms with Crippen LogP contribution in [0, 0.1) is 11.2 Å². The molecule has 0 aliphatic carbocycles. The molecule has 44 heavy (non-hydrogen) atoms. The molecular formula is C31H32ClF4N5O3. The number of methoxy groups -OCH3 is 1. The van der Waals surface area contributed by atoms with Crippen molar-refractivity contribution >= 4 is 34.8 Å². The quantitative estimate of drug-likeness (QED) is 0.253. The van der Waals surface area contributed by atoms with E-state index in [1.54, 1.807) is 6.07 Å². The number of benzene rings is 2. The van der Waals surface area contributed by atoms with Crippen molar-refractivity contribution in [1.29, 1.82) is 0 Å². The van der Waals surface area contributed by atoms with E-state index in [1.807, 2.05) is 20.8 Å². The minimum Gasteiger partial charge on any atom is -0.495 e. The molecule has 1 saturated heterocycles. The van der Waals surface area contributed by atoms with Gasteiger partial charge in [0, 0.05) is 46.9 Å². The highest BCUT2D eigenvalue weighted by molar-refractivity contribution is 6.30. The van der Waals surface area contributed by atoms with Crippen LogP contribution in [-0.4, -0.2) is 42.5 Å². The van der Waals surface area contributed by atoms with Crippen molar-refractivity contribution in [2.24, 2.45) is 11.1 Å². The lowest BCUT2D eigenvalue weighted by molar-refractivity contribution is -0.141. The molecule has 1 aromatic heterocycles. The predicted molar refractivity (Wildman–Crippen MR) is 158 cm³/mol. The van der Waals surface area contributed by atoms with Crippen molar-refractivity contribution in [3.8, 4) is 5.75 Å². The fraction of sp³-hybridized carbons (Fsp3) is 0.387. The van der Waals surface area contributed by atoms with Gasteiger partial charge in [-0.2, -0.15) is 13.2 Å². The Kier molecular flexibility index (Phi) is 8.04. The van der Waals surface area contributed by atoms with Gasteiger partial charge in [0.15, 0.2) is 0 Å². The minimum atomic E-state index is -4.67. The van der Waals surface area contributed by atoms with Crippen LogP contribution in [0.15, 0.2) is 48.7 Å². The van der Waals surface area contributed by atoms with Crippen LogP contribution in [0.4, 0.5) is 28.9 Å². The summed E-state index contributed by atoms with van der Waals surface area (Å²) >= 11 is 6.24. The van der Waals surface area contributed by atoms with Crippen molar-refractivity contribution < 1.29 is 31.9 Å². The number of halogens is 5. The average molecular weight is 634 g/mol. The molecule has 5 rings (SSSR count). The molecule has 5 N–H and O–H groups in total. The summed E-state index contributed by atoms with van der Waals surface area (Å²) in [4.78, 5) is 29.6. The van der Waals surface area contributed by atoms with Gasteiger partial charge in [-0.25, -0.2) is 4.39 Å². The van der Waals surface area contributed by atoms with E-state index in [1.165, 1.54) is 43.6 Å². The van der Waals surface area contributed by atoms with Crippen LogP contribution >= 0.6 is 11.6 Å². The van der Waals surface area contributed by atoms with E-state index in [2.05, 4.69) is 20.9 Å². The second kappa shape index (κ2) is 11.2. The number of carbonyl (C=O) groups excluding carboxylic acids is 2. The van der Waals surface area contributed by atoms with E-state index in [4.69, 9.17) is 22.1 Å². The Labute approximate surface area is 256 Å². The fourth-order valence-corrected chi connectivity index (χ4v) is 6.67. The zero-order valence-corrected chi connectivity index (χ0v) is 25.2. The SMILES string of the molecule is COc1cc(C(N)=O)ccc1NC(=O)C1NC(CC(C)(C)C)C2(CNc3cc(C(F)(F)F)ncc32)C1c1cccc(Cl)c1F. The maximum atomic E-state index is 15.9. The molecule has 2 aromatic carbocycles. The number of nitrogens with zero attached hydrogens (tertiary/aromatic N) is 1. The number of amides is 2. The molecule has 2 amide bonds. The molecule has 0 saturated carbocycles. The van der Waals surface area contributed by atoms with Crippen LogP contribution < -0.4 is 26.4 Å². The Hall–Kier alpha value is -3.90. The van der Waals surface area contributed by atoms with Gasteiger partial charge in [-0.1, -0.05) is 44.5 Å². The van der Waals surface area contributed by atoms with Crippen LogP contribution in [0.2, 0.25) is 5.02 Å². The number of alkyl halides is 3. The monoisotopic (exact) mass is 633 g/mol. The number of ether oxygens (including phenoxy) is 1. The van der Waals surface area contributed by atoms with Crippen LogP contribution in [0.5, 0.6) is 5.75 Å². The smallest absolute Gasteiger partial charge is 0.433 e. The molecule has 0 bridgehead atoms. The molecule has 13 heteroatoms. The number of carbonyl (C=O) groups is 2. The summed E-state index contributed by atoms with van der Waals surface area (Å²) in [6.07, 6.45) is -3.01. The molecular weight excluding hydrogens is 602 g/mol. The summed E-state index contributed by atoms with van der Waals surface area (Å²) in [5.74, 6) is -2.72. The first kappa shape index (κ1) is 31.5. The van der Waals surface area contributed by atoms with Gasteiger partial charge in [0.25, 0.3) is 0 Å². The number of fused-ring (bicyclic) bond motifs is 2. The molecule has 4 unspecified atom stereocenters. The van der Waals surface area contributed by atoms with Crippen molar-refractivity contribution in [1.82, 2.24) is 10.3 Å². The normalized spacial score (nSPS) is 22.9. The van der Waals surface area contributed by atoms with E-state index in [0.29, 0.717) is 12.0 Å². The van der Waals surface area contributed by atoms with Crippen molar-refractivity contribution in [3.63, 3.8) is 0 Å². The number of pyridine rings is 1. The molecule has 2 aliphatic heterocycles. The largest absolute Gasteiger partial charge is 0.495 e. The minimum absolute atomic E-state index is 0.107. The second-order valence-corrected chi connectivity index (χ2v) is 12.8. The molecule has 234 valence electrons. The van der Waals surface area contributed by atoms with Gasteiger partial charge in [-0.05, 0) is 47.7 Å². The number of rotatable bonds is 6. The molecule has 3 aromatic rings. The summed E-state index contributed by atoms with van der Waals surface area (Å²) < 4.78 is 62.1. The molecule has 8 nitrogen and oxygen atoms in total. The third-order valence-corrected chi connectivity index (χ3v) is 8.61. The highest BCUT2D eigenvalue weighted by Gasteiger charge is 2.62. The van der Waals surface area contributed by atoms with Gasteiger partial charge < -0.3 is 26.4 Å². The Morgan fingerprint density at radius 2 is 1.91 bits per heavy atom. The van der Waals surface area contributed by atoms with E-state index >= 15 is 4.39 Å². The molecule has 0 radical (unpaired) electrons. The van der Waals surface area contributed by atoms with Gasteiger partial charge in [0.2, 0.25) is 11.8 Å². The topological polar surface area (TPSA) is 118 Å². The van der Waals surface area contributed by atoms with Crippen LogP contribution in [0.25, 0.3) is 0 Å². The van der Waals surface area contributed by atoms with Crippen LogP contribution in [0.3, 0.4) is 0 Å². The van der Waals surface area contributed by atoms with Gasteiger partial charge in [-0.15, -0.1) is 0 Å². The van der Waals surface area contributed by atoms with E-state index < -0.39 is 52.9 Å². The number of aromatic nitrogens is 1. The third kappa shape index (κ3) is 5.56. The number of anilines is 2. The summed E-state index contributed by atoms with van der Waals surface area (Å²) in [5, 5.41) is 9.20. The Bertz CT molecular complexity index is 1630. The van der Waals surface area contributed by atoms with E-state index in [9.17, 15) is 22.8 Å². The number of nitrogens with one attached hydrogen (secondary N) is 3. The summed E-state index contributed by atoms with van der Waals surface area (Å²) in [5.41, 5.74) is 4.11. The summed E-state index contributed by atoms with van der Waals surface area (Å²) in [7, 11) is 1.37. The first-order valence-corrected chi connectivity index (χ1v) is 14.2. The van der Waals surface area contributed by atoms with Gasteiger partial charge in [0.1, 0.15) is 17.3 Å². The maximum Gasteiger partial charge on any atom is 0.433 e. The molecule has 1 spiro atoms. The number of nitrogens with two attached hydrogens (primary N) is 1. The van der Waals surface area contributed by atoms with Gasteiger partial charge >= 0.3 is 6.18 Å². The van der Waals surface area contributed by atoms with Gasteiger partial charge in [0.05, 0.1) is 23.9 Å². The van der Waals surface area contributed by atoms with Crippen LogP contribution in [0.1, 0.15) is 60.3 Å². The lowest BCUT2D eigenvalue weighted by atomic mass is 9.63. The van der Waals surface area contributed by atoms with E-state index in [0.717, 1.165) is 6.07 Å². The first-order chi connectivity index (χ1) is 20.6. The molecule has 4 atom stereocenters. The maximum absolute atomic E-state index is 15.9. The molecule has 3 heterocycles. The Balaban J connectivity index is 1.68. The standard InChI is InChI=1S/C31H32ClF4N5O3/c1-29(2,3)12-23-30(14-39-20-11-22(31(34,35)36)38-13-17(20)30)24(16-6-5-7-18(32)25(16)33)26(41-23)28(43)40-19-9-8-15(27(37)42)10-21(19)44-4/h5-11,13,23-24,26,39,41H,12,14H2,1-4H3,(H2,37,42)(H,40,43). The van der Waals surface area contributed by atoms with Crippen LogP contribution in [-0.2, 0) is 16.4 Å². The second-order valence-electron chi connectivity index (χ2n) is 12.4. The van der Waals surface area contributed by atoms with Crippen molar-refractivity contribution in [3.05, 3.63) is 81.9 Å². The zero-order valence-electron chi connectivity index (χ0n) is 24.4. The lowest BCUT2D eigenvalue weighted by Crippen LogP contribution is -2.46. The Morgan fingerprint density at radius 3 is 2.55 bits per heavy atom. The third-order valence-electron chi connectivity index (χ3n) is 8.32. The molecule has 2 aliphatic rings. The number of primary amides is 1. The number of hydrogen-bond donors (Lipinski definition) is 4. The zero-order chi connectivity index (χ0) is 32.2. The lowest BCUT2D eigenvalue weighted by Gasteiger charge is -2.39. The average Bonchev–Trinajstić information content (AvgIpc) is 3.47. The van der Waals surface area contributed by atoms with Crippen molar-refractivity contribution in [2.75, 3.05) is 24.3 Å². The van der Waals surface area contributed by atoms with Crippen molar-refractivity contribution in [2.45, 2.75) is 56.8 Å².